The number of amides is 1. The summed E-state index contributed by atoms with van der Waals surface area (Å²) in [6.45, 7) is 0. The number of hydrogen-bond donors (Lipinski definition) is 1. The standard InChI is InChI=1S/C27H16ClN5O3/c28-18-10-8-16(9-11-18)25-21-6-1-2-7-22(21)26-30-23-15-19(12-13-24(23)32(26)31-25)29-27(34)17-4-3-5-20(14-17)33(35)36/h1-15H,(H,29,34). The Morgan fingerprint density at radius 2 is 1.69 bits per heavy atom. The quantitative estimate of drug-likeness (QED) is 0.222. The van der Waals surface area contributed by atoms with Crippen molar-refractivity contribution in [3.63, 3.8) is 0 Å². The van der Waals surface area contributed by atoms with Gasteiger partial charge in [-0.05, 0) is 36.4 Å². The van der Waals surface area contributed by atoms with E-state index in [4.69, 9.17) is 21.7 Å². The highest BCUT2D eigenvalue weighted by molar-refractivity contribution is 6.30. The van der Waals surface area contributed by atoms with Crippen LogP contribution in [0.2, 0.25) is 5.02 Å². The van der Waals surface area contributed by atoms with Gasteiger partial charge < -0.3 is 5.32 Å². The van der Waals surface area contributed by atoms with E-state index in [2.05, 4.69) is 5.32 Å². The molecule has 0 spiro atoms. The molecule has 0 saturated heterocycles. The minimum absolute atomic E-state index is 0.145. The number of nitro benzene ring substituents is 1. The van der Waals surface area contributed by atoms with Crippen molar-refractivity contribution in [1.29, 1.82) is 0 Å². The Balaban J connectivity index is 1.45. The van der Waals surface area contributed by atoms with Crippen molar-refractivity contribution < 1.29 is 9.72 Å². The van der Waals surface area contributed by atoms with E-state index in [1.54, 1.807) is 16.6 Å². The van der Waals surface area contributed by atoms with E-state index in [1.165, 1.54) is 24.3 Å². The van der Waals surface area contributed by atoms with E-state index in [0.717, 1.165) is 27.5 Å². The van der Waals surface area contributed by atoms with Crippen molar-refractivity contribution in [2.75, 3.05) is 5.32 Å². The van der Waals surface area contributed by atoms with Crippen LogP contribution in [0, 0.1) is 10.1 Å². The Hall–Kier alpha value is -4.82. The minimum Gasteiger partial charge on any atom is -0.322 e. The van der Waals surface area contributed by atoms with Crippen LogP contribution in [0.4, 0.5) is 11.4 Å². The molecule has 174 valence electrons. The summed E-state index contributed by atoms with van der Waals surface area (Å²) in [7, 11) is 0. The fourth-order valence-corrected chi connectivity index (χ4v) is 4.37. The number of aromatic nitrogens is 3. The van der Waals surface area contributed by atoms with Gasteiger partial charge in [0.05, 0.1) is 21.7 Å². The number of imidazole rings is 1. The fourth-order valence-electron chi connectivity index (χ4n) is 4.24. The van der Waals surface area contributed by atoms with Crippen molar-refractivity contribution in [1.82, 2.24) is 14.6 Å². The highest BCUT2D eigenvalue weighted by atomic mass is 35.5. The van der Waals surface area contributed by atoms with Crippen molar-refractivity contribution in [2.45, 2.75) is 0 Å². The maximum absolute atomic E-state index is 12.7. The molecule has 0 fully saturated rings. The number of halogens is 1. The summed E-state index contributed by atoms with van der Waals surface area (Å²) in [5, 5.41) is 21.3. The molecule has 1 amide bonds. The van der Waals surface area contributed by atoms with Crippen LogP contribution in [0.15, 0.2) is 91.0 Å². The van der Waals surface area contributed by atoms with Crippen LogP contribution >= 0.6 is 11.6 Å². The first-order valence-electron chi connectivity index (χ1n) is 11.0. The smallest absolute Gasteiger partial charge is 0.270 e. The molecule has 0 aliphatic heterocycles. The van der Waals surface area contributed by atoms with Gasteiger partial charge in [-0.3, -0.25) is 14.9 Å². The lowest BCUT2D eigenvalue weighted by molar-refractivity contribution is -0.384. The number of nitrogens with zero attached hydrogens (tertiary/aromatic N) is 4. The van der Waals surface area contributed by atoms with Crippen LogP contribution in [0.5, 0.6) is 0 Å². The summed E-state index contributed by atoms with van der Waals surface area (Å²) in [5.74, 6) is -0.449. The molecule has 36 heavy (non-hydrogen) atoms. The second-order valence-electron chi connectivity index (χ2n) is 8.21. The second-order valence-corrected chi connectivity index (χ2v) is 8.65. The highest BCUT2D eigenvalue weighted by Crippen LogP contribution is 2.32. The maximum Gasteiger partial charge on any atom is 0.270 e. The third-order valence-corrected chi connectivity index (χ3v) is 6.20. The molecule has 0 radical (unpaired) electrons. The zero-order chi connectivity index (χ0) is 24.8. The van der Waals surface area contributed by atoms with E-state index in [-0.39, 0.29) is 11.3 Å². The van der Waals surface area contributed by atoms with Gasteiger partial charge in [0.2, 0.25) is 0 Å². The van der Waals surface area contributed by atoms with Gasteiger partial charge in [0, 0.05) is 44.7 Å². The average Bonchev–Trinajstić information content (AvgIpc) is 3.27. The number of rotatable bonds is 4. The van der Waals surface area contributed by atoms with Crippen LogP contribution in [0.3, 0.4) is 0 Å². The Morgan fingerprint density at radius 3 is 2.47 bits per heavy atom. The third kappa shape index (κ3) is 3.70. The first kappa shape index (κ1) is 21.7. The summed E-state index contributed by atoms with van der Waals surface area (Å²) < 4.78 is 1.80. The predicted molar refractivity (Wildman–Crippen MR) is 139 cm³/mol. The number of non-ortho nitro benzene ring substituents is 1. The number of nitrogens with one attached hydrogen (secondary N) is 1. The molecular formula is C27H16ClN5O3. The second kappa shape index (κ2) is 8.44. The first-order chi connectivity index (χ1) is 17.5. The van der Waals surface area contributed by atoms with Gasteiger partial charge in [-0.1, -0.05) is 54.1 Å². The zero-order valence-corrected chi connectivity index (χ0v) is 19.3. The Bertz CT molecular complexity index is 1830. The van der Waals surface area contributed by atoms with Crippen molar-refractivity contribution >= 4 is 56.3 Å². The number of benzene rings is 4. The molecule has 0 unspecified atom stereocenters. The molecule has 0 bridgehead atoms. The molecule has 0 saturated carbocycles. The number of carbonyl (C=O) groups is 1. The summed E-state index contributed by atoms with van der Waals surface area (Å²) in [6.07, 6.45) is 0. The van der Waals surface area contributed by atoms with Gasteiger partial charge in [0.1, 0.15) is 0 Å². The van der Waals surface area contributed by atoms with E-state index < -0.39 is 10.8 Å². The Labute approximate surface area is 208 Å². The molecule has 0 atom stereocenters. The van der Waals surface area contributed by atoms with Crippen molar-refractivity contribution in [3.05, 3.63) is 112 Å². The zero-order valence-electron chi connectivity index (χ0n) is 18.6. The van der Waals surface area contributed by atoms with E-state index in [9.17, 15) is 14.9 Å². The van der Waals surface area contributed by atoms with Crippen molar-refractivity contribution in [3.8, 4) is 11.3 Å². The van der Waals surface area contributed by atoms with Gasteiger partial charge in [-0.2, -0.15) is 5.10 Å². The van der Waals surface area contributed by atoms with Gasteiger partial charge >= 0.3 is 0 Å². The summed E-state index contributed by atoms with van der Waals surface area (Å²) in [5.41, 5.74) is 4.42. The van der Waals surface area contributed by atoms with Crippen LogP contribution in [-0.4, -0.2) is 25.4 Å². The normalized spacial score (nSPS) is 11.2. The number of anilines is 1. The number of nitro groups is 1. The van der Waals surface area contributed by atoms with Gasteiger partial charge in [-0.15, -0.1) is 0 Å². The molecule has 1 N–H and O–H groups in total. The lowest BCUT2D eigenvalue weighted by atomic mass is 10.1. The number of hydrogen-bond acceptors (Lipinski definition) is 5. The molecule has 6 rings (SSSR count). The Kier molecular flexibility index (Phi) is 5.09. The fraction of sp³-hybridized carbons (Fsp3) is 0. The molecule has 2 aromatic heterocycles. The van der Waals surface area contributed by atoms with Gasteiger partial charge in [0.15, 0.2) is 5.65 Å². The monoisotopic (exact) mass is 493 g/mol. The summed E-state index contributed by atoms with van der Waals surface area (Å²) in [4.78, 5) is 28.0. The van der Waals surface area contributed by atoms with Crippen LogP contribution in [0.1, 0.15) is 10.4 Å². The number of fused-ring (bicyclic) bond motifs is 5. The number of carbonyl (C=O) groups excluding carboxylic acids is 1. The third-order valence-electron chi connectivity index (χ3n) is 5.95. The molecule has 0 aliphatic rings. The molecule has 4 aromatic carbocycles. The highest BCUT2D eigenvalue weighted by Gasteiger charge is 2.16. The van der Waals surface area contributed by atoms with Gasteiger partial charge in [-0.25, -0.2) is 9.50 Å². The maximum atomic E-state index is 12.7. The summed E-state index contributed by atoms with van der Waals surface area (Å²) >= 11 is 6.09. The molecule has 0 aliphatic carbocycles. The average molecular weight is 494 g/mol. The molecular weight excluding hydrogens is 478 g/mol. The SMILES string of the molecule is O=C(Nc1ccc2c(c1)nc1c3ccccc3c(-c3ccc(Cl)cc3)nn21)c1cccc([N+](=O)[O-])c1. The lowest BCUT2D eigenvalue weighted by Crippen LogP contribution is -2.12. The molecule has 8 nitrogen and oxygen atoms in total. The topological polar surface area (TPSA) is 102 Å². The molecule has 2 heterocycles. The Morgan fingerprint density at radius 1 is 0.917 bits per heavy atom. The summed E-state index contributed by atoms with van der Waals surface area (Å²) in [6, 6.07) is 26.4. The van der Waals surface area contributed by atoms with E-state index >= 15 is 0 Å². The van der Waals surface area contributed by atoms with E-state index in [0.29, 0.717) is 21.9 Å². The van der Waals surface area contributed by atoms with Crippen LogP contribution in [-0.2, 0) is 0 Å². The van der Waals surface area contributed by atoms with E-state index in [1.807, 2.05) is 54.6 Å². The molecule has 6 aromatic rings. The van der Waals surface area contributed by atoms with Crippen LogP contribution < -0.4 is 5.32 Å². The van der Waals surface area contributed by atoms with Crippen molar-refractivity contribution in [2.24, 2.45) is 0 Å². The minimum atomic E-state index is -0.533. The molecule has 9 heteroatoms. The first-order valence-corrected chi connectivity index (χ1v) is 11.4. The van der Waals surface area contributed by atoms with Gasteiger partial charge in [0.25, 0.3) is 11.6 Å². The van der Waals surface area contributed by atoms with Crippen LogP contribution in [0.25, 0.3) is 38.7 Å². The largest absolute Gasteiger partial charge is 0.322 e. The predicted octanol–water partition coefficient (Wildman–Crippen LogP) is 6.52. The lowest BCUT2D eigenvalue weighted by Gasteiger charge is -2.08.